The van der Waals surface area contributed by atoms with E-state index >= 15 is 0 Å². The molecule has 19 heavy (non-hydrogen) atoms. The smallest absolute Gasteiger partial charge is 0.0676 e. The summed E-state index contributed by atoms with van der Waals surface area (Å²) in [5.74, 6) is 0. The van der Waals surface area contributed by atoms with E-state index in [4.69, 9.17) is 4.99 Å². The first kappa shape index (κ1) is 15.4. The Balaban J connectivity index is 3.02. The first-order valence-electron chi connectivity index (χ1n) is 6.87. The molecule has 0 aliphatic rings. The standard InChI is InChI=1S/C18H25N/c1-13(2)10-11-16(6)18(19-14(3)4)17-9-7-8-15(5)12-17/h7-9,12,14H,1,6,10-11H2,2-5H3/b19-18+. The second-order valence-corrected chi connectivity index (χ2v) is 5.50. The van der Waals surface area contributed by atoms with E-state index in [1.807, 2.05) is 0 Å². The van der Waals surface area contributed by atoms with E-state index in [1.54, 1.807) is 0 Å². The fourth-order valence-electron chi connectivity index (χ4n) is 1.90. The first-order chi connectivity index (χ1) is 8.90. The van der Waals surface area contributed by atoms with Gasteiger partial charge in [0.05, 0.1) is 5.71 Å². The third kappa shape index (κ3) is 5.25. The highest BCUT2D eigenvalue weighted by molar-refractivity contribution is 6.12. The van der Waals surface area contributed by atoms with E-state index in [1.165, 1.54) is 16.7 Å². The van der Waals surface area contributed by atoms with Gasteiger partial charge in [0.1, 0.15) is 0 Å². The normalized spacial score (nSPS) is 11.7. The molecule has 0 aliphatic heterocycles. The maximum Gasteiger partial charge on any atom is 0.0676 e. The lowest BCUT2D eigenvalue weighted by Crippen LogP contribution is -2.08. The van der Waals surface area contributed by atoms with Gasteiger partial charge in [-0.25, -0.2) is 0 Å². The summed E-state index contributed by atoms with van der Waals surface area (Å²) in [6, 6.07) is 8.74. The number of hydrogen-bond donors (Lipinski definition) is 0. The topological polar surface area (TPSA) is 12.4 Å². The van der Waals surface area contributed by atoms with Gasteiger partial charge in [0, 0.05) is 11.6 Å². The van der Waals surface area contributed by atoms with Gasteiger partial charge in [-0.3, -0.25) is 4.99 Å². The number of rotatable bonds is 6. The highest BCUT2D eigenvalue weighted by atomic mass is 14.8. The number of aliphatic imine (C=N–C) groups is 1. The third-order valence-corrected chi connectivity index (χ3v) is 2.87. The molecule has 1 aromatic rings. The third-order valence-electron chi connectivity index (χ3n) is 2.87. The van der Waals surface area contributed by atoms with Crippen LogP contribution in [0.15, 0.2) is 53.6 Å². The molecule has 1 nitrogen and oxygen atoms in total. The zero-order chi connectivity index (χ0) is 14.4. The van der Waals surface area contributed by atoms with Crippen molar-refractivity contribution in [2.24, 2.45) is 4.99 Å². The minimum Gasteiger partial charge on any atom is -0.282 e. The van der Waals surface area contributed by atoms with Crippen LogP contribution in [-0.4, -0.2) is 11.8 Å². The number of benzene rings is 1. The van der Waals surface area contributed by atoms with Gasteiger partial charge in [-0.2, -0.15) is 0 Å². The Labute approximate surface area is 117 Å². The Morgan fingerprint density at radius 1 is 1.21 bits per heavy atom. The fourth-order valence-corrected chi connectivity index (χ4v) is 1.90. The highest BCUT2D eigenvalue weighted by Crippen LogP contribution is 2.17. The molecule has 0 amide bonds. The van der Waals surface area contributed by atoms with E-state index in [9.17, 15) is 0 Å². The molecule has 0 aromatic heterocycles. The van der Waals surface area contributed by atoms with Crippen molar-refractivity contribution >= 4 is 5.71 Å². The van der Waals surface area contributed by atoms with E-state index in [0.29, 0.717) is 0 Å². The molecule has 0 spiro atoms. The first-order valence-corrected chi connectivity index (χ1v) is 6.87. The van der Waals surface area contributed by atoms with Crippen LogP contribution in [0.3, 0.4) is 0 Å². The minimum absolute atomic E-state index is 0.275. The van der Waals surface area contributed by atoms with Crippen LogP contribution in [0.2, 0.25) is 0 Å². The van der Waals surface area contributed by atoms with Crippen LogP contribution in [0.1, 0.15) is 44.7 Å². The van der Waals surface area contributed by atoms with Crippen LogP contribution in [0.4, 0.5) is 0 Å². The average molecular weight is 255 g/mol. The second-order valence-electron chi connectivity index (χ2n) is 5.50. The van der Waals surface area contributed by atoms with Crippen LogP contribution in [0.25, 0.3) is 0 Å². The predicted molar refractivity (Wildman–Crippen MR) is 86.0 cm³/mol. The van der Waals surface area contributed by atoms with Crippen molar-refractivity contribution in [2.45, 2.75) is 46.6 Å². The van der Waals surface area contributed by atoms with Crippen molar-refractivity contribution < 1.29 is 0 Å². The molecule has 0 unspecified atom stereocenters. The molecule has 1 aromatic carbocycles. The molecule has 0 saturated heterocycles. The van der Waals surface area contributed by atoms with Gasteiger partial charge in [0.15, 0.2) is 0 Å². The number of nitrogens with zero attached hydrogens (tertiary/aromatic N) is 1. The van der Waals surface area contributed by atoms with Gasteiger partial charge in [0.25, 0.3) is 0 Å². The molecule has 0 N–H and O–H groups in total. The van der Waals surface area contributed by atoms with Crippen molar-refractivity contribution in [1.29, 1.82) is 0 Å². The van der Waals surface area contributed by atoms with Gasteiger partial charge < -0.3 is 0 Å². The largest absolute Gasteiger partial charge is 0.282 e. The summed E-state index contributed by atoms with van der Waals surface area (Å²) < 4.78 is 0. The monoisotopic (exact) mass is 255 g/mol. The van der Waals surface area contributed by atoms with Gasteiger partial charge in [-0.05, 0) is 52.2 Å². The summed E-state index contributed by atoms with van der Waals surface area (Å²) in [7, 11) is 0. The number of allylic oxidation sites excluding steroid dienone is 2. The van der Waals surface area contributed by atoms with E-state index < -0.39 is 0 Å². The zero-order valence-electron chi connectivity index (χ0n) is 12.7. The minimum atomic E-state index is 0.275. The summed E-state index contributed by atoms with van der Waals surface area (Å²) in [5, 5.41) is 0. The SMILES string of the molecule is C=C(C)CCC(=C)/C(=N\C(C)C)c1cccc(C)c1. The number of aryl methyl sites for hydroxylation is 1. The summed E-state index contributed by atoms with van der Waals surface area (Å²) in [4.78, 5) is 4.75. The molecule has 0 fully saturated rings. The summed E-state index contributed by atoms with van der Waals surface area (Å²) in [6.45, 7) is 16.5. The van der Waals surface area contributed by atoms with E-state index in [-0.39, 0.29) is 6.04 Å². The van der Waals surface area contributed by atoms with Gasteiger partial charge >= 0.3 is 0 Å². The number of hydrogen-bond acceptors (Lipinski definition) is 1. The van der Waals surface area contributed by atoms with Crippen LogP contribution in [0, 0.1) is 6.92 Å². The van der Waals surface area contributed by atoms with Gasteiger partial charge in [-0.15, -0.1) is 6.58 Å². The highest BCUT2D eigenvalue weighted by Gasteiger charge is 2.09. The summed E-state index contributed by atoms with van der Waals surface area (Å²) >= 11 is 0. The molecule has 0 bridgehead atoms. The van der Waals surface area contributed by atoms with Gasteiger partial charge in [0.2, 0.25) is 0 Å². The second kappa shape index (κ2) is 7.08. The van der Waals surface area contributed by atoms with Crippen LogP contribution in [-0.2, 0) is 0 Å². The Bertz CT molecular complexity index is 492. The van der Waals surface area contributed by atoms with Crippen molar-refractivity contribution in [3.63, 3.8) is 0 Å². The van der Waals surface area contributed by atoms with Crippen molar-refractivity contribution in [3.8, 4) is 0 Å². The molecule has 1 rings (SSSR count). The van der Waals surface area contributed by atoms with Crippen molar-refractivity contribution in [1.82, 2.24) is 0 Å². The van der Waals surface area contributed by atoms with E-state index in [2.05, 4.69) is 65.1 Å². The zero-order valence-corrected chi connectivity index (χ0v) is 12.7. The van der Waals surface area contributed by atoms with Crippen LogP contribution < -0.4 is 0 Å². The molecule has 0 saturated carbocycles. The Kier molecular flexibility index (Phi) is 5.75. The molecule has 0 radical (unpaired) electrons. The molecular formula is C18H25N. The lowest BCUT2D eigenvalue weighted by Gasteiger charge is -2.13. The molecule has 0 atom stereocenters. The lowest BCUT2D eigenvalue weighted by atomic mass is 9.97. The van der Waals surface area contributed by atoms with Gasteiger partial charge in [-0.1, -0.05) is 35.9 Å². The van der Waals surface area contributed by atoms with Crippen molar-refractivity contribution in [3.05, 3.63) is 59.7 Å². The predicted octanol–water partition coefficient (Wildman–Crippen LogP) is 5.11. The maximum absolute atomic E-state index is 4.75. The van der Waals surface area contributed by atoms with Crippen LogP contribution >= 0.6 is 0 Å². The average Bonchev–Trinajstić information content (AvgIpc) is 2.32. The van der Waals surface area contributed by atoms with Crippen LogP contribution in [0.5, 0.6) is 0 Å². The summed E-state index contributed by atoms with van der Waals surface area (Å²) in [5.41, 5.74) is 5.75. The fraction of sp³-hybridized carbons (Fsp3) is 0.389. The van der Waals surface area contributed by atoms with E-state index in [0.717, 1.165) is 24.1 Å². The van der Waals surface area contributed by atoms with Crippen molar-refractivity contribution in [2.75, 3.05) is 0 Å². The lowest BCUT2D eigenvalue weighted by molar-refractivity contribution is 0.833. The summed E-state index contributed by atoms with van der Waals surface area (Å²) in [6.07, 6.45) is 1.90. The molecule has 0 heterocycles. The Morgan fingerprint density at radius 2 is 1.89 bits per heavy atom. The molecule has 1 heteroatoms. The Hall–Kier alpha value is -1.63. The molecular weight excluding hydrogens is 230 g/mol. The maximum atomic E-state index is 4.75. The Morgan fingerprint density at radius 3 is 2.42 bits per heavy atom. The molecule has 0 aliphatic carbocycles. The molecule has 102 valence electrons. The quantitative estimate of drug-likeness (QED) is 0.495.